The van der Waals surface area contributed by atoms with Crippen molar-refractivity contribution in [2.24, 2.45) is 5.41 Å². The van der Waals surface area contributed by atoms with E-state index in [0.29, 0.717) is 0 Å². The Balaban J connectivity index is 3.33. The summed E-state index contributed by atoms with van der Waals surface area (Å²) in [6, 6.07) is 0. The van der Waals surface area contributed by atoms with Crippen molar-refractivity contribution in [2.75, 3.05) is 0 Å². The third kappa shape index (κ3) is 8.68. The standard InChI is InChI=1S/C16H32O2/c1-4-5-6-7-8-9-10-11-12-13-15(18)16(2,3)14-17/h14-15,18H,4-13H2,1-3H3. The Hall–Kier alpha value is -0.370. The molecule has 0 spiro atoms. The number of hydrogen-bond donors (Lipinski definition) is 1. The third-order valence-electron chi connectivity index (χ3n) is 3.74. The Morgan fingerprint density at radius 1 is 0.944 bits per heavy atom. The summed E-state index contributed by atoms with van der Waals surface area (Å²) >= 11 is 0. The van der Waals surface area contributed by atoms with Crippen molar-refractivity contribution < 1.29 is 9.90 Å². The van der Waals surface area contributed by atoms with Gasteiger partial charge in [0.15, 0.2) is 0 Å². The number of carbonyl (C=O) groups excluding carboxylic acids is 1. The summed E-state index contributed by atoms with van der Waals surface area (Å²) in [4.78, 5) is 10.8. The van der Waals surface area contributed by atoms with E-state index in [1.165, 1.54) is 51.4 Å². The maximum atomic E-state index is 10.8. The average molecular weight is 256 g/mol. The van der Waals surface area contributed by atoms with Gasteiger partial charge >= 0.3 is 0 Å². The molecule has 0 amide bonds. The van der Waals surface area contributed by atoms with E-state index >= 15 is 0 Å². The van der Waals surface area contributed by atoms with Crippen LogP contribution < -0.4 is 0 Å². The molecule has 0 aromatic rings. The zero-order valence-electron chi connectivity index (χ0n) is 12.6. The number of aliphatic hydroxyl groups is 1. The summed E-state index contributed by atoms with van der Waals surface area (Å²) < 4.78 is 0. The van der Waals surface area contributed by atoms with Gasteiger partial charge in [-0.15, -0.1) is 0 Å². The number of aliphatic hydroxyl groups excluding tert-OH is 1. The van der Waals surface area contributed by atoms with Gasteiger partial charge in [0.05, 0.1) is 6.10 Å². The molecule has 1 atom stereocenters. The molecule has 1 unspecified atom stereocenters. The van der Waals surface area contributed by atoms with Gasteiger partial charge < -0.3 is 9.90 Å². The summed E-state index contributed by atoms with van der Waals surface area (Å²) in [5, 5.41) is 9.85. The fraction of sp³-hybridized carbons (Fsp3) is 0.938. The highest BCUT2D eigenvalue weighted by Gasteiger charge is 2.26. The van der Waals surface area contributed by atoms with Crippen LogP contribution in [0.1, 0.15) is 85.0 Å². The molecule has 0 aliphatic carbocycles. The normalized spacial score (nSPS) is 13.6. The quantitative estimate of drug-likeness (QED) is 0.412. The molecule has 108 valence electrons. The molecule has 0 fully saturated rings. The average Bonchev–Trinajstić information content (AvgIpc) is 2.36. The molecule has 2 nitrogen and oxygen atoms in total. The zero-order valence-corrected chi connectivity index (χ0v) is 12.6. The van der Waals surface area contributed by atoms with Crippen LogP contribution in [0.3, 0.4) is 0 Å². The third-order valence-corrected chi connectivity index (χ3v) is 3.74. The first-order valence-electron chi connectivity index (χ1n) is 7.69. The van der Waals surface area contributed by atoms with E-state index in [4.69, 9.17) is 0 Å². The smallest absolute Gasteiger partial charge is 0.128 e. The summed E-state index contributed by atoms with van der Waals surface area (Å²) in [7, 11) is 0. The molecular formula is C16H32O2. The fourth-order valence-corrected chi connectivity index (χ4v) is 2.10. The van der Waals surface area contributed by atoms with Crippen LogP contribution in [0.5, 0.6) is 0 Å². The van der Waals surface area contributed by atoms with E-state index in [2.05, 4.69) is 6.92 Å². The minimum Gasteiger partial charge on any atom is -0.392 e. The van der Waals surface area contributed by atoms with E-state index < -0.39 is 11.5 Å². The molecule has 18 heavy (non-hydrogen) atoms. The number of carbonyl (C=O) groups is 1. The molecule has 0 bridgehead atoms. The molecule has 0 aromatic carbocycles. The highest BCUT2D eigenvalue weighted by molar-refractivity contribution is 5.58. The maximum absolute atomic E-state index is 10.8. The SMILES string of the molecule is CCCCCCCCCCCC(O)C(C)(C)C=O. The lowest BCUT2D eigenvalue weighted by molar-refractivity contribution is -0.120. The lowest BCUT2D eigenvalue weighted by Crippen LogP contribution is -2.30. The summed E-state index contributed by atoms with van der Waals surface area (Å²) in [5.74, 6) is 0. The van der Waals surface area contributed by atoms with Crippen LogP contribution in [-0.2, 0) is 4.79 Å². The Kier molecular flexibility index (Phi) is 10.3. The van der Waals surface area contributed by atoms with E-state index in [-0.39, 0.29) is 0 Å². The van der Waals surface area contributed by atoms with Crippen LogP contribution >= 0.6 is 0 Å². The highest BCUT2D eigenvalue weighted by Crippen LogP contribution is 2.22. The first kappa shape index (κ1) is 17.6. The van der Waals surface area contributed by atoms with Gasteiger partial charge in [0.2, 0.25) is 0 Å². The van der Waals surface area contributed by atoms with Gasteiger partial charge in [0, 0.05) is 5.41 Å². The van der Waals surface area contributed by atoms with Crippen molar-refractivity contribution in [2.45, 2.75) is 91.1 Å². The first-order valence-corrected chi connectivity index (χ1v) is 7.69. The first-order chi connectivity index (χ1) is 8.54. The molecule has 1 N–H and O–H groups in total. The van der Waals surface area contributed by atoms with Gasteiger partial charge in [-0.2, -0.15) is 0 Å². The summed E-state index contributed by atoms with van der Waals surface area (Å²) in [6.07, 6.45) is 12.7. The molecule has 0 saturated carbocycles. The Bertz CT molecular complexity index is 199. The minimum absolute atomic E-state index is 0.487. The van der Waals surface area contributed by atoms with Crippen molar-refractivity contribution in [3.63, 3.8) is 0 Å². The van der Waals surface area contributed by atoms with Crippen molar-refractivity contribution in [3.05, 3.63) is 0 Å². The van der Waals surface area contributed by atoms with Gasteiger partial charge in [-0.05, 0) is 6.42 Å². The van der Waals surface area contributed by atoms with Crippen molar-refractivity contribution in [1.29, 1.82) is 0 Å². The molecule has 0 heterocycles. The second-order valence-electron chi connectivity index (χ2n) is 6.07. The largest absolute Gasteiger partial charge is 0.392 e. The van der Waals surface area contributed by atoms with Gasteiger partial charge in [0.25, 0.3) is 0 Å². The van der Waals surface area contributed by atoms with E-state index in [0.717, 1.165) is 19.1 Å². The van der Waals surface area contributed by atoms with Gasteiger partial charge in [-0.25, -0.2) is 0 Å². The van der Waals surface area contributed by atoms with Crippen LogP contribution in [0, 0.1) is 5.41 Å². The minimum atomic E-state index is -0.583. The Labute approximate surface area is 113 Å². The molecule has 0 aromatic heterocycles. The van der Waals surface area contributed by atoms with Crippen LogP contribution in [0.25, 0.3) is 0 Å². The lowest BCUT2D eigenvalue weighted by Gasteiger charge is -2.24. The topological polar surface area (TPSA) is 37.3 Å². The highest BCUT2D eigenvalue weighted by atomic mass is 16.3. The summed E-state index contributed by atoms with van der Waals surface area (Å²) in [6.45, 7) is 5.85. The molecule has 0 aliphatic heterocycles. The molecular weight excluding hydrogens is 224 g/mol. The van der Waals surface area contributed by atoms with Crippen LogP contribution in [-0.4, -0.2) is 17.5 Å². The maximum Gasteiger partial charge on any atom is 0.128 e. The van der Waals surface area contributed by atoms with Crippen LogP contribution in [0.2, 0.25) is 0 Å². The van der Waals surface area contributed by atoms with Gasteiger partial charge in [0.1, 0.15) is 6.29 Å². The predicted molar refractivity (Wildman–Crippen MR) is 77.7 cm³/mol. The van der Waals surface area contributed by atoms with Crippen LogP contribution in [0.4, 0.5) is 0 Å². The Morgan fingerprint density at radius 3 is 1.83 bits per heavy atom. The second-order valence-corrected chi connectivity index (χ2v) is 6.07. The Morgan fingerprint density at radius 2 is 1.39 bits per heavy atom. The molecule has 2 heteroatoms. The predicted octanol–water partition coefficient (Wildman–Crippen LogP) is 4.49. The second kappa shape index (κ2) is 10.5. The van der Waals surface area contributed by atoms with Crippen LogP contribution in [0.15, 0.2) is 0 Å². The lowest BCUT2D eigenvalue weighted by atomic mass is 9.85. The number of rotatable bonds is 12. The number of hydrogen-bond acceptors (Lipinski definition) is 2. The zero-order chi connectivity index (χ0) is 13.9. The molecule has 0 rings (SSSR count). The van der Waals surface area contributed by atoms with E-state index in [1.807, 2.05) is 0 Å². The van der Waals surface area contributed by atoms with E-state index in [1.54, 1.807) is 13.8 Å². The monoisotopic (exact) mass is 256 g/mol. The fourth-order valence-electron chi connectivity index (χ4n) is 2.10. The van der Waals surface area contributed by atoms with Gasteiger partial charge in [-0.3, -0.25) is 0 Å². The van der Waals surface area contributed by atoms with Crippen molar-refractivity contribution >= 4 is 6.29 Å². The molecule has 0 saturated heterocycles. The van der Waals surface area contributed by atoms with Crippen molar-refractivity contribution in [3.8, 4) is 0 Å². The number of aldehydes is 1. The van der Waals surface area contributed by atoms with Crippen molar-refractivity contribution in [1.82, 2.24) is 0 Å². The van der Waals surface area contributed by atoms with E-state index in [9.17, 15) is 9.90 Å². The van der Waals surface area contributed by atoms with Gasteiger partial charge in [-0.1, -0.05) is 78.6 Å². The molecule has 0 aliphatic rings. The number of unbranched alkanes of at least 4 members (excludes halogenated alkanes) is 8. The summed E-state index contributed by atoms with van der Waals surface area (Å²) in [5.41, 5.74) is -0.583. The molecule has 0 radical (unpaired) electrons.